The molecule has 0 spiro atoms. The van der Waals surface area contributed by atoms with Crippen LogP contribution in [0.2, 0.25) is 0 Å². The van der Waals surface area contributed by atoms with E-state index in [0.717, 1.165) is 72.5 Å². The van der Waals surface area contributed by atoms with Crippen LogP contribution in [0.1, 0.15) is 119 Å². The average Bonchev–Trinajstić information content (AvgIpc) is 3.09. The minimum absolute atomic E-state index is 0. The third kappa shape index (κ3) is 23.4. The number of nitrogens with zero attached hydrogens (tertiary/aromatic N) is 2. The van der Waals surface area contributed by atoms with Gasteiger partial charge in [-0.3, -0.25) is 19.2 Å². The second kappa shape index (κ2) is 32.4. The zero-order valence-electron chi connectivity index (χ0n) is 32.3. The van der Waals surface area contributed by atoms with Crippen LogP contribution >= 0.6 is 55.6 Å². The molecule has 10 nitrogen and oxygen atoms in total. The summed E-state index contributed by atoms with van der Waals surface area (Å²) in [5.74, 6) is -0.733. The first-order valence-corrected chi connectivity index (χ1v) is 23.1. The number of carbonyl (C=O) groups excluding carboxylic acids is 4. The Morgan fingerprint density at radius 1 is 0.608 bits per heavy atom. The van der Waals surface area contributed by atoms with E-state index >= 15 is 0 Å². The van der Waals surface area contributed by atoms with E-state index in [1.54, 1.807) is 53.0 Å². The van der Waals surface area contributed by atoms with Crippen molar-refractivity contribution in [2.45, 2.75) is 131 Å². The van der Waals surface area contributed by atoms with Gasteiger partial charge in [0, 0.05) is 47.1 Å². The number of hydrogen-bond donors (Lipinski definition) is 2. The molecule has 0 rings (SSSR count). The van der Waals surface area contributed by atoms with E-state index in [1.165, 1.54) is 25.7 Å². The van der Waals surface area contributed by atoms with Gasteiger partial charge < -0.3 is 30.7 Å². The second-order valence-electron chi connectivity index (χ2n) is 13.0. The molecule has 51 heavy (non-hydrogen) atoms. The Hall–Kier alpha value is -1.03. The van der Waals surface area contributed by atoms with Crippen LogP contribution in [-0.2, 0) is 28.7 Å². The van der Waals surface area contributed by atoms with E-state index in [1.807, 2.05) is 54.1 Å². The Morgan fingerprint density at radius 3 is 1.16 bits per heavy atom. The fraction of sp³-hybridized carbons (Fsp3) is 0.778. The van der Waals surface area contributed by atoms with Crippen LogP contribution in [0.25, 0.3) is 0 Å². The number of rotatable bonds is 31. The highest BCUT2D eigenvalue weighted by atomic mass is 35.5. The molecule has 2 amide bonds. The summed E-state index contributed by atoms with van der Waals surface area (Å²) in [4.78, 5) is 53.6. The van der Waals surface area contributed by atoms with Crippen LogP contribution in [0.4, 0.5) is 0 Å². The molecule has 0 fully saturated rings. The second-order valence-corrected chi connectivity index (χ2v) is 18.0. The van der Waals surface area contributed by atoms with Crippen molar-refractivity contribution in [3.05, 3.63) is 21.2 Å². The van der Waals surface area contributed by atoms with Crippen molar-refractivity contribution in [2.75, 3.05) is 38.8 Å². The molecule has 4 N–H and O–H groups in total. The number of hydrogen-bond acceptors (Lipinski definition) is 12. The first-order chi connectivity index (χ1) is 23.9. The average molecular weight is 816 g/mol. The number of ether oxygens (including phenoxy) is 2. The summed E-state index contributed by atoms with van der Waals surface area (Å²) >= 11 is 0. The van der Waals surface area contributed by atoms with Gasteiger partial charge in [-0.15, -0.1) is 12.4 Å². The van der Waals surface area contributed by atoms with E-state index in [-0.39, 0.29) is 49.4 Å². The molecule has 0 aliphatic rings. The van der Waals surface area contributed by atoms with Gasteiger partial charge in [-0.25, -0.2) is 0 Å². The van der Waals surface area contributed by atoms with Crippen LogP contribution in [0.5, 0.6) is 0 Å². The van der Waals surface area contributed by atoms with Crippen molar-refractivity contribution in [2.24, 2.45) is 23.3 Å². The zero-order chi connectivity index (χ0) is 37.9. The van der Waals surface area contributed by atoms with Crippen LogP contribution < -0.4 is 11.5 Å². The molecule has 0 saturated carbocycles. The van der Waals surface area contributed by atoms with E-state index in [9.17, 15) is 19.2 Å². The Kier molecular flexibility index (Phi) is 33.1. The fourth-order valence-electron chi connectivity index (χ4n) is 4.89. The normalized spacial score (nSPS) is 13.5. The van der Waals surface area contributed by atoms with Gasteiger partial charge in [-0.1, -0.05) is 122 Å². The maximum absolute atomic E-state index is 12.1. The monoisotopic (exact) mass is 814 g/mol. The van der Waals surface area contributed by atoms with Gasteiger partial charge in [0.25, 0.3) is 0 Å². The lowest BCUT2D eigenvalue weighted by Gasteiger charge is -2.22. The van der Waals surface area contributed by atoms with Gasteiger partial charge in [0.1, 0.15) is 12.1 Å². The van der Waals surface area contributed by atoms with Gasteiger partial charge in [-0.05, 0) is 51.0 Å². The first-order valence-electron chi connectivity index (χ1n) is 17.9. The minimum Gasteiger partial charge on any atom is -0.464 e. The summed E-state index contributed by atoms with van der Waals surface area (Å²) < 4.78 is 10.8. The molecule has 0 aromatic heterocycles. The lowest BCUT2D eigenvalue weighted by Crippen LogP contribution is -2.37. The Labute approximate surface area is 331 Å². The minimum atomic E-state index is -0.627. The van der Waals surface area contributed by atoms with Gasteiger partial charge in [-0.2, -0.15) is 0 Å². The molecular formula is C36H67ClN4O6S4. The lowest BCUT2D eigenvalue weighted by molar-refractivity contribution is -0.147. The molecular weight excluding hydrogens is 748 g/mol. The number of carbonyl (C=O) groups is 4. The maximum atomic E-state index is 12.1. The maximum Gasteiger partial charge on any atom is 0.323 e. The highest BCUT2D eigenvalue weighted by molar-refractivity contribution is 8.78. The molecule has 15 heteroatoms. The van der Waals surface area contributed by atoms with E-state index in [0.29, 0.717) is 25.9 Å². The third-order valence-electron chi connectivity index (χ3n) is 8.47. The molecule has 0 heterocycles. The smallest absolute Gasteiger partial charge is 0.323 e. The molecule has 0 aliphatic heterocycles. The van der Waals surface area contributed by atoms with Gasteiger partial charge in [0.2, 0.25) is 12.8 Å². The predicted octanol–water partition coefficient (Wildman–Crippen LogP) is 8.54. The number of nitrogens with two attached hydrogens (primary N) is 2. The number of halogens is 1. The molecule has 0 unspecified atom stereocenters. The van der Waals surface area contributed by atoms with Crippen molar-refractivity contribution < 1.29 is 28.7 Å². The lowest BCUT2D eigenvalue weighted by atomic mass is 10.1. The molecule has 2 atom stereocenters. The van der Waals surface area contributed by atoms with Crippen LogP contribution in [0.3, 0.4) is 0 Å². The Balaban J connectivity index is 0. The van der Waals surface area contributed by atoms with Gasteiger partial charge >= 0.3 is 11.9 Å². The van der Waals surface area contributed by atoms with Crippen molar-refractivity contribution in [3.63, 3.8) is 0 Å². The van der Waals surface area contributed by atoms with Crippen LogP contribution in [0, 0.1) is 11.8 Å². The van der Waals surface area contributed by atoms with Crippen LogP contribution in [-0.4, -0.2) is 85.5 Å². The molecule has 0 bridgehead atoms. The van der Waals surface area contributed by atoms with E-state index in [4.69, 9.17) is 20.9 Å². The van der Waals surface area contributed by atoms with Crippen LogP contribution in [0.15, 0.2) is 21.2 Å². The van der Waals surface area contributed by atoms with Crippen molar-refractivity contribution in [1.29, 1.82) is 0 Å². The van der Waals surface area contributed by atoms with Gasteiger partial charge in [0.15, 0.2) is 0 Å². The molecule has 0 aromatic carbocycles. The standard InChI is InChI=1S/C36H66N4O6S4.ClH/c1-27(2)33(37)35(43)45-23-19-31(49-47-7)29(5)39(25-41)21-17-15-13-11-9-10-12-14-16-18-22-40(26-42)30(6)32(50-48-8)20-24-46-36(44)34(38)28(3)4;/h25-28,33-34H,9-24,37-38H2,1-8H3;1H/b31-29-,32-30-;/t33-,34-;/m0./s1. The number of esters is 2. The summed E-state index contributed by atoms with van der Waals surface area (Å²) in [6.07, 6.45) is 18.0. The Morgan fingerprint density at radius 2 is 0.902 bits per heavy atom. The van der Waals surface area contributed by atoms with Crippen molar-refractivity contribution in [3.8, 4) is 0 Å². The third-order valence-corrected chi connectivity index (χ3v) is 12.4. The number of allylic oxidation sites excluding steroid dienone is 2. The fourth-order valence-corrected chi connectivity index (χ4v) is 8.53. The predicted molar refractivity (Wildman–Crippen MR) is 223 cm³/mol. The highest BCUT2D eigenvalue weighted by Gasteiger charge is 2.20. The number of amides is 2. The quantitative estimate of drug-likeness (QED) is 0.0299. The number of unbranched alkanes of at least 4 members (excludes halogenated alkanes) is 9. The van der Waals surface area contributed by atoms with E-state index < -0.39 is 12.1 Å². The topological polar surface area (TPSA) is 145 Å². The largest absolute Gasteiger partial charge is 0.464 e. The SMILES string of the molecule is CSS/C(CCOC(=O)[C@@H](N)C(C)C)=C(/C)N(C=O)CCCCCCCCCCCCN(C=O)/C(C)=C(/CCOC(=O)[C@@H](N)C(C)C)SSC.Cl. The van der Waals surface area contributed by atoms with Crippen molar-refractivity contribution >= 4 is 80.3 Å². The summed E-state index contributed by atoms with van der Waals surface area (Å²) in [6, 6.07) is -1.25. The molecule has 0 aromatic rings. The van der Waals surface area contributed by atoms with Gasteiger partial charge in [0.05, 0.1) is 13.2 Å². The summed E-state index contributed by atoms with van der Waals surface area (Å²) in [5, 5.41) is 0. The molecule has 298 valence electrons. The molecule has 0 aliphatic carbocycles. The summed E-state index contributed by atoms with van der Waals surface area (Å²) in [5.41, 5.74) is 13.6. The summed E-state index contributed by atoms with van der Waals surface area (Å²) in [7, 11) is 6.41. The Bertz CT molecular complexity index is 971. The van der Waals surface area contributed by atoms with E-state index in [2.05, 4.69) is 0 Å². The first kappa shape index (κ1) is 52.1. The molecule has 0 saturated heterocycles. The molecule has 0 radical (unpaired) electrons. The van der Waals surface area contributed by atoms with Crippen molar-refractivity contribution in [1.82, 2.24) is 9.80 Å². The zero-order valence-corrected chi connectivity index (χ0v) is 36.4. The highest BCUT2D eigenvalue weighted by Crippen LogP contribution is 2.34. The summed E-state index contributed by atoms with van der Waals surface area (Å²) in [6.45, 7) is 13.3.